The molecule has 6 heteroatoms. The predicted octanol–water partition coefficient (Wildman–Crippen LogP) is 3.33. The van der Waals surface area contributed by atoms with Gasteiger partial charge in [-0.25, -0.2) is 0 Å². The molecule has 1 saturated heterocycles. The highest BCUT2D eigenvalue weighted by molar-refractivity contribution is 9.10. The number of amides is 1. The molecule has 132 valence electrons. The summed E-state index contributed by atoms with van der Waals surface area (Å²) in [5.74, 6) is 0.0565. The second-order valence-corrected chi connectivity index (χ2v) is 7.97. The van der Waals surface area contributed by atoms with Gasteiger partial charge in [0, 0.05) is 53.0 Å². The molecule has 3 rings (SSSR count). The number of aliphatic hydroxyl groups is 1. The summed E-state index contributed by atoms with van der Waals surface area (Å²) >= 11 is 5.17. The zero-order chi connectivity index (χ0) is 17.6. The van der Waals surface area contributed by atoms with Gasteiger partial charge < -0.3 is 10.0 Å². The fourth-order valence-corrected chi connectivity index (χ4v) is 4.14. The maximum atomic E-state index is 12.3. The molecule has 2 aromatic rings. The van der Waals surface area contributed by atoms with Crippen molar-refractivity contribution in [3.63, 3.8) is 0 Å². The number of β-amino-alcohol motifs (C(OH)–C–C–N with tert-alkyl or cyclic N) is 1. The number of hydrogen-bond acceptors (Lipinski definition) is 4. The second kappa shape index (κ2) is 8.76. The highest BCUT2D eigenvalue weighted by Gasteiger charge is 2.18. The molecule has 1 aromatic heterocycles. The number of nitrogens with zero attached hydrogens (tertiary/aromatic N) is 2. The van der Waals surface area contributed by atoms with Crippen molar-refractivity contribution in [2.24, 2.45) is 0 Å². The molecule has 1 N–H and O–H groups in total. The topological polar surface area (TPSA) is 43.8 Å². The summed E-state index contributed by atoms with van der Waals surface area (Å²) in [5.41, 5.74) is 1.17. The Bertz CT molecular complexity index is 751. The van der Waals surface area contributed by atoms with Gasteiger partial charge >= 0.3 is 0 Å². The van der Waals surface area contributed by atoms with Gasteiger partial charge in [0.05, 0.1) is 6.61 Å². The van der Waals surface area contributed by atoms with Gasteiger partial charge in [-0.15, -0.1) is 11.3 Å². The van der Waals surface area contributed by atoms with Crippen LogP contribution < -0.4 is 0 Å². The number of piperazine rings is 1. The summed E-state index contributed by atoms with van der Waals surface area (Å²) in [6.45, 7) is 3.95. The Kier molecular flexibility index (Phi) is 6.42. The van der Waals surface area contributed by atoms with E-state index in [4.69, 9.17) is 5.11 Å². The minimum Gasteiger partial charge on any atom is -0.395 e. The molecule has 4 nitrogen and oxygen atoms in total. The molecule has 25 heavy (non-hydrogen) atoms. The molecular formula is C19H21BrN2O2S. The molecule has 1 aliphatic heterocycles. The van der Waals surface area contributed by atoms with Crippen molar-refractivity contribution in [3.05, 3.63) is 51.8 Å². The molecule has 0 bridgehead atoms. The smallest absolute Gasteiger partial charge is 0.246 e. The Hall–Kier alpha value is -1.47. The number of benzene rings is 1. The molecule has 1 amide bonds. The van der Waals surface area contributed by atoms with Gasteiger partial charge in [0.2, 0.25) is 5.91 Å². The normalized spacial score (nSPS) is 15.8. The van der Waals surface area contributed by atoms with Crippen LogP contribution in [0.25, 0.3) is 16.5 Å². The van der Waals surface area contributed by atoms with E-state index in [2.05, 4.69) is 39.0 Å². The quantitative estimate of drug-likeness (QED) is 0.754. The van der Waals surface area contributed by atoms with E-state index in [1.165, 1.54) is 10.4 Å². The van der Waals surface area contributed by atoms with E-state index in [-0.39, 0.29) is 12.5 Å². The van der Waals surface area contributed by atoms with E-state index >= 15 is 0 Å². The first-order chi connectivity index (χ1) is 12.2. The van der Waals surface area contributed by atoms with E-state index in [0.29, 0.717) is 6.54 Å². The molecule has 0 saturated carbocycles. The summed E-state index contributed by atoms with van der Waals surface area (Å²) in [6.07, 6.45) is 3.56. The number of thiophene rings is 1. The lowest BCUT2D eigenvalue weighted by Gasteiger charge is -2.33. The number of aliphatic hydroxyl groups excluding tert-OH is 1. The number of carbonyl (C=O) groups excluding carboxylic acids is 1. The van der Waals surface area contributed by atoms with Crippen LogP contribution in [0.2, 0.25) is 0 Å². The summed E-state index contributed by atoms with van der Waals surface area (Å²) in [5, 5.41) is 8.97. The van der Waals surface area contributed by atoms with Crippen LogP contribution in [0.4, 0.5) is 0 Å². The van der Waals surface area contributed by atoms with Crippen molar-refractivity contribution >= 4 is 39.2 Å². The average molecular weight is 421 g/mol. The van der Waals surface area contributed by atoms with E-state index in [0.717, 1.165) is 35.5 Å². The highest BCUT2D eigenvalue weighted by Crippen LogP contribution is 2.30. The van der Waals surface area contributed by atoms with Crippen LogP contribution in [-0.2, 0) is 4.79 Å². The third kappa shape index (κ3) is 5.01. The summed E-state index contributed by atoms with van der Waals surface area (Å²) in [4.78, 5) is 18.6. The lowest BCUT2D eigenvalue weighted by Crippen LogP contribution is -2.48. The molecule has 1 aromatic carbocycles. The lowest BCUT2D eigenvalue weighted by molar-refractivity contribution is -0.127. The third-order valence-corrected chi connectivity index (χ3v) is 5.82. The lowest BCUT2D eigenvalue weighted by atomic mass is 10.2. The fraction of sp³-hybridized carbons (Fsp3) is 0.316. The average Bonchev–Trinajstić information content (AvgIpc) is 3.10. The first-order valence-corrected chi connectivity index (χ1v) is 9.92. The molecular weight excluding hydrogens is 400 g/mol. The van der Waals surface area contributed by atoms with E-state index in [1.54, 1.807) is 17.4 Å². The second-order valence-electron chi connectivity index (χ2n) is 5.94. The molecule has 0 radical (unpaired) electrons. The SMILES string of the molecule is O=C(/C=C/c1ccc(-c2cccc(Br)c2)s1)N1CCN(CCO)CC1. The molecule has 1 fully saturated rings. The minimum absolute atomic E-state index is 0.0565. The van der Waals surface area contributed by atoms with Gasteiger partial charge in [-0.1, -0.05) is 28.1 Å². The zero-order valence-corrected chi connectivity index (χ0v) is 16.3. The maximum absolute atomic E-state index is 12.3. The van der Waals surface area contributed by atoms with Crippen molar-refractivity contribution in [3.8, 4) is 10.4 Å². The first-order valence-electron chi connectivity index (χ1n) is 8.32. The Labute approximate surface area is 160 Å². The van der Waals surface area contributed by atoms with E-state index < -0.39 is 0 Å². The van der Waals surface area contributed by atoms with Crippen LogP contribution in [0.15, 0.2) is 46.9 Å². The first kappa shape index (κ1) is 18.3. The molecule has 0 atom stereocenters. The Morgan fingerprint density at radius 2 is 2.00 bits per heavy atom. The van der Waals surface area contributed by atoms with Gasteiger partial charge in [-0.2, -0.15) is 0 Å². The third-order valence-electron chi connectivity index (χ3n) is 4.23. The van der Waals surface area contributed by atoms with Crippen molar-refractivity contribution in [1.29, 1.82) is 0 Å². The van der Waals surface area contributed by atoms with E-state index in [1.807, 2.05) is 29.2 Å². The number of hydrogen-bond donors (Lipinski definition) is 1. The molecule has 1 aliphatic rings. The van der Waals surface area contributed by atoms with Crippen LogP contribution >= 0.6 is 27.3 Å². The van der Waals surface area contributed by atoms with Gasteiger partial charge in [-0.3, -0.25) is 9.69 Å². The monoisotopic (exact) mass is 420 g/mol. The molecule has 0 spiro atoms. The van der Waals surface area contributed by atoms with Gasteiger partial charge in [0.1, 0.15) is 0 Å². The van der Waals surface area contributed by atoms with Crippen molar-refractivity contribution in [2.45, 2.75) is 0 Å². The summed E-state index contributed by atoms with van der Waals surface area (Å²) < 4.78 is 1.06. The zero-order valence-electron chi connectivity index (χ0n) is 13.9. The predicted molar refractivity (Wildman–Crippen MR) is 107 cm³/mol. The van der Waals surface area contributed by atoms with Crippen LogP contribution in [0, 0.1) is 0 Å². The fourth-order valence-electron chi connectivity index (χ4n) is 2.83. The molecule has 2 heterocycles. The number of carbonyl (C=O) groups is 1. The van der Waals surface area contributed by atoms with E-state index in [9.17, 15) is 4.79 Å². The van der Waals surface area contributed by atoms with Crippen molar-refractivity contribution in [1.82, 2.24) is 9.80 Å². The Morgan fingerprint density at radius 3 is 2.72 bits per heavy atom. The Balaban J connectivity index is 1.58. The highest BCUT2D eigenvalue weighted by atomic mass is 79.9. The van der Waals surface area contributed by atoms with Gasteiger partial charge in [0.25, 0.3) is 0 Å². The minimum atomic E-state index is 0.0565. The van der Waals surface area contributed by atoms with Crippen molar-refractivity contribution in [2.75, 3.05) is 39.3 Å². The summed E-state index contributed by atoms with van der Waals surface area (Å²) in [7, 11) is 0. The number of halogens is 1. The molecule has 0 unspecified atom stereocenters. The van der Waals surface area contributed by atoms with Crippen LogP contribution in [0.1, 0.15) is 4.88 Å². The number of rotatable bonds is 5. The largest absolute Gasteiger partial charge is 0.395 e. The maximum Gasteiger partial charge on any atom is 0.246 e. The van der Waals surface area contributed by atoms with Crippen molar-refractivity contribution < 1.29 is 9.90 Å². The van der Waals surface area contributed by atoms with Gasteiger partial charge in [-0.05, 0) is 35.9 Å². The Morgan fingerprint density at radius 1 is 1.20 bits per heavy atom. The standard InChI is InChI=1S/C19H21BrN2O2S/c20-16-3-1-2-15(14-16)18-6-4-17(25-18)5-7-19(24)22-10-8-21(9-11-22)12-13-23/h1-7,14,23H,8-13H2/b7-5+. The van der Waals surface area contributed by atoms with Crippen LogP contribution in [0.3, 0.4) is 0 Å². The van der Waals surface area contributed by atoms with Crippen LogP contribution in [0.5, 0.6) is 0 Å². The van der Waals surface area contributed by atoms with Crippen LogP contribution in [-0.4, -0.2) is 60.1 Å². The van der Waals surface area contributed by atoms with Gasteiger partial charge in [0.15, 0.2) is 0 Å². The molecule has 0 aliphatic carbocycles. The summed E-state index contributed by atoms with van der Waals surface area (Å²) in [6, 6.07) is 12.3.